The van der Waals surface area contributed by atoms with Crippen LogP contribution in [0.2, 0.25) is 0 Å². The van der Waals surface area contributed by atoms with Crippen LogP contribution < -0.4 is 4.90 Å². The summed E-state index contributed by atoms with van der Waals surface area (Å²) in [5, 5.41) is 6.18. The van der Waals surface area contributed by atoms with E-state index in [9.17, 15) is 0 Å². The molecule has 9 aromatic rings. The van der Waals surface area contributed by atoms with Crippen LogP contribution in [-0.2, 0) is 0 Å². The number of hydrogen-bond acceptors (Lipinski definition) is 1. The van der Waals surface area contributed by atoms with Crippen molar-refractivity contribution in [3.05, 3.63) is 164 Å². The first kappa shape index (κ1) is 24.4. The molecule has 1 aliphatic rings. The van der Waals surface area contributed by atoms with Crippen LogP contribution in [0.3, 0.4) is 0 Å². The highest BCUT2D eigenvalue weighted by Gasteiger charge is 2.29. The number of rotatable bonds is 2. The van der Waals surface area contributed by atoms with Crippen molar-refractivity contribution in [2.75, 3.05) is 4.90 Å². The van der Waals surface area contributed by atoms with Crippen LogP contribution in [0.15, 0.2) is 164 Å². The maximum atomic E-state index is 2.48. The number of anilines is 3. The molecule has 2 aromatic heterocycles. The average molecular weight is 574 g/mol. The Balaban J connectivity index is 1.33. The highest BCUT2D eigenvalue weighted by molar-refractivity contribution is 6.12. The molecule has 0 bridgehead atoms. The van der Waals surface area contributed by atoms with Gasteiger partial charge in [-0.15, -0.1) is 0 Å². The Bertz CT molecular complexity index is 2600. The van der Waals surface area contributed by atoms with Gasteiger partial charge in [0.15, 0.2) is 0 Å². The Labute approximate surface area is 260 Å². The minimum atomic E-state index is 1.13. The summed E-state index contributed by atoms with van der Waals surface area (Å²) >= 11 is 0. The van der Waals surface area contributed by atoms with Gasteiger partial charge >= 0.3 is 0 Å². The summed E-state index contributed by atoms with van der Waals surface area (Å²) in [4.78, 5) is 2.46. The molecule has 1 aliphatic heterocycles. The Morgan fingerprint density at radius 3 is 1.93 bits per heavy atom. The standard InChI is InChI=1S/C42H27N3/c1-2-14-30(15-3-1)43-38-20-10-8-18-34(38)36-27-31(23-25-40(36)43)44-39-21-11-7-17-33(39)35-24-22-28-12-4-6-16-32(28)42(35)45-37-19-9-5-13-29(37)26-41(44)45/h1-27H. The van der Waals surface area contributed by atoms with E-state index >= 15 is 0 Å². The lowest BCUT2D eigenvalue weighted by atomic mass is 9.96. The van der Waals surface area contributed by atoms with Gasteiger partial charge < -0.3 is 4.57 Å². The molecular formula is C42H27N3. The quantitative estimate of drug-likeness (QED) is 0.200. The van der Waals surface area contributed by atoms with Crippen LogP contribution in [0.1, 0.15) is 0 Å². The van der Waals surface area contributed by atoms with Crippen LogP contribution in [0.4, 0.5) is 17.2 Å². The zero-order chi connectivity index (χ0) is 29.5. The smallest absolute Gasteiger partial charge is 0.123 e. The first-order valence-electron chi connectivity index (χ1n) is 15.5. The van der Waals surface area contributed by atoms with Crippen molar-refractivity contribution in [3.63, 3.8) is 0 Å². The molecule has 0 atom stereocenters. The van der Waals surface area contributed by atoms with Crippen molar-refractivity contribution in [2.24, 2.45) is 0 Å². The Morgan fingerprint density at radius 1 is 0.356 bits per heavy atom. The molecule has 3 nitrogen and oxygen atoms in total. The Morgan fingerprint density at radius 2 is 1.04 bits per heavy atom. The predicted molar refractivity (Wildman–Crippen MR) is 189 cm³/mol. The van der Waals surface area contributed by atoms with Crippen molar-refractivity contribution in [3.8, 4) is 22.5 Å². The fraction of sp³-hybridized carbons (Fsp3) is 0. The summed E-state index contributed by atoms with van der Waals surface area (Å²) in [6.45, 7) is 0. The Hall–Kier alpha value is -6.06. The summed E-state index contributed by atoms with van der Waals surface area (Å²) in [6, 6.07) is 59.6. The lowest BCUT2D eigenvalue weighted by molar-refractivity contribution is 1.10. The van der Waals surface area contributed by atoms with Crippen molar-refractivity contribution in [1.82, 2.24) is 9.13 Å². The van der Waals surface area contributed by atoms with Crippen LogP contribution >= 0.6 is 0 Å². The molecule has 0 spiro atoms. The van der Waals surface area contributed by atoms with E-state index in [0.717, 1.165) is 11.5 Å². The molecular weight excluding hydrogens is 546 g/mol. The number of hydrogen-bond donors (Lipinski definition) is 0. The second-order valence-electron chi connectivity index (χ2n) is 11.8. The van der Waals surface area contributed by atoms with Gasteiger partial charge in [-0.25, -0.2) is 0 Å². The summed E-state index contributed by atoms with van der Waals surface area (Å²) in [5.74, 6) is 1.13. The molecule has 210 valence electrons. The van der Waals surface area contributed by atoms with Gasteiger partial charge in [0.1, 0.15) is 5.82 Å². The van der Waals surface area contributed by atoms with Gasteiger partial charge in [-0.3, -0.25) is 9.47 Å². The van der Waals surface area contributed by atoms with E-state index in [-0.39, 0.29) is 0 Å². The molecule has 0 saturated carbocycles. The number of para-hydroxylation sites is 4. The molecule has 0 aliphatic carbocycles. The van der Waals surface area contributed by atoms with Gasteiger partial charge in [0.2, 0.25) is 0 Å². The van der Waals surface area contributed by atoms with E-state index in [1.807, 2.05) is 0 Å². The third-order valence-corrected chi connectivity index (χ3v) is 9.41. The van der Waals surface area contributed by atoms with Crippen LogP contribution in [0, 0.1) is 0 Å². The molecule has 0 unspecified atom stereocenters. The van der Waals surface area contributed by atoms with E-state index in [0.29, 0.717) is 0 Å². The van der Waals surface area contributed by atoms with Crippen LogP contribution in [-0.4, -0.2) is 9.13 Å². The van der Waals surface area contributed by atoms with Gasteiger partial charge in [-0.1, -0.05) is 109 Å². The lowest BCUT2D eigenvalue weighted by Crippen LogP contribution is -2.13. The molecule has 0 N–H and O–H groups in total. The average Bonchev–Trinajstić information content (AvgIpc) is 3.60. The topological polar surface area (TPSA) is 13.1 Å². The Kier molecular flexibility index (Phi) is 5.00. The number of nitrogens with zero attached hydrogens (tertiary/aromatic N) is 3. The minimum absolute atomic E-state index is 1.13. The molecule has 0 radical (unpaired) electrons. The summed E-state index contributed by atoms with van der Waals surface area (Å²) in [6.07, 6.45) is 0. The normalized spacial score (nSPS) is 12.4. The minimum Gasteiger partial charge on any atom is -0.309 e. The predicted octanol–water partition coefficient (Wildman–Crippen LogP) is 11.3. The summed E-state index contributed by atoms with van der Waals surface area (Å²) in [5.41, 5.74) is 10.7. The van der Waals surface area contributed by atoms with E-state index in [1.54, 1.807) is 0 Å². The highest BCUT2D eigenvalue weighted by atomic mass is 15.3. The maximum absolute atomic E-state index is 2.48. The number of aromatic nitrogens is 2. The largest absolute Gasteiger partial charge is 0.309 e. The zero-order valence-electron chi connectivity index (χ0n) is 24.4. The van der Waals surface area contributed by atoms with Crippen molar-refractivity contribution in [1.29, 1.82) is 0 Å². The molecule has 0 amide bonds. The number of benzene rings is 7. The third kappa shape index (κ3) is 3.41. The van der Waals surface area contributed by atoms with E-state index < -0.39 is 0 Å². The fourth-order valence-electron chi connectivity index (χ4n) is 7.50. The first-order valence-corrected chi connectivity index (χ1v) is 15.5. The molecule has 0 saturated heterocycles. The molecule has 45 heavy (non-hydrogen) atoms. The van der Waals surface area contributed by atoms with E-state index in [1.165, 1.54) is 71.7 Å². The SMILES string of the molecule is c1ccc(-n2c3ccccc3c3cc(N4c5ccccc5-c5ccc6ccccc6c5-n5c4cc4ccccc45)ccc32)cc1. The van der Waals surface area contributed by atoms with Gasteiger partial charge in [0, 0.05) is 44.0 Å². The first-order chi connectivity index (χ1) is 22.3. The highest BCUT2D eigenvalue weighted by Crippen LogP contribution is 2.51. The third-order valence-electron chi connectivity index (χ3n) is 9.41. The zero-order valence-corrected chi connectivity index (χ0v) is 24.4. The fourth-order valence-corrected chi connectivity index (χ4v) is 7.50. The lowest BCUT2D eigenvalue weighted by Gasteiger charge is -2.26. The second-order valence-corrected chi connectivity index (χ2v) is 11.8. The summed E-state index contributed by atoms with van der Waals surface area (Å²) in [7, 11) is 0. The van der Waals surface area contributed by atoms with Gasteiger partial charge in [0.25, 0.3) is 0 Å². The van der Waals surface area contributed by atoms with Gasteiger partial charge in [-0.2, -0.15) is 0 Å². The molecule has 3 heterocycles. The van der Waals surface area contributed by atoms with E-state index in [2.05, 4.69) is 178 Å². The van der Waals surface area contributed by atoms with Gasteiger partial charge in [0.05, 0.1) is 27.9 Å². The van der Waals surface area contributed by atoms with E-state index in [4.69, 9.17) is 0 Å². The van der Waals surface area contributed by atoms with Crippen LogP contribution in [0.5, 0.6) is 0 Å². The molecule has 0 fully saturated rings. The van der Waals surface area contributed by atoms with Crippen LogP contribution in [0.25, 0.3) is 66.0 Å². The second kappa shape index (κ2) is 9.22. The van der Waals surface area contributed by atoms with Crippen molar-refractivity contribution < 1.29 is 0 Å². The van der Waals surface area contributed by atoms with Gasteiger partial charge in [-0.05, 0) is 60.0 Å². The van der Waals surface area contributed by atoms with Crippen molar-refractivity contribution in [2.45, 2.75) is 0 Å². The maximum Gasteiger partial charge on any atom is 0.123 e. The monoisotopic (exact) mass is 573 g/mol. The molecule has 3 heteroatoms. The molecule has 10 rings (SSSR count). The summed E-state index contributed by atoms with van der Waals surface area (Å²) < 4.78 is 4.86. The van der Waals surface area contributed by atoms with Crippen molar-refractivity contribution >= 4 is 60.7 Å². The number of fused-ring (bicyclic) bond motifs is 12. The molecule has 7 aromatic carbocycles.